The second kappa shape index (κ2) is 9.23. The molecule has 6 nitrogen and oxygen atoms in total. The number of amides is 2. The van der Waals surface area contributed by atoms with E-state index >= 15 is 0 Å². The number of nitrogens with zero attached hydrogens (tertiary/aromatic N) is 1. The fourth-order valence-corrected chi connectivity index (χ4v) is 3.36. The fourth-order valence-electron chi connectivity index (χ4n) is 2.50. The monoisotopic (exact) mass is 396 g/mol. The van der Waals surface area contributed by atoms with Crippen LogP contribution in [0.5, 0.6) is 11.5 Å². The fraction of sp³-hybridized carbons (Fsp3) is 0.190. The number of aliphatic imine (C=N–C) groups is 1. The van der Waals surface area contributed by atoms with Crippen molar-refractivity contribution in [2.24, 2.45) is 4.99 Å². The standard InChI is InChI=1S/C21H20N2O4S/c1-3-26-18-11-16(12-19-20(25)23-21(28-19)22-14(2)24)9-10-17(18)27-13-15-7-5-4-6-8-15/h4-12H,3,13H2,1-2H3,(H,22,23,24,25)/b19-12+. The Kier molecular flexibility index (Phi) is 6.49. The summed E-state index contributed by atoms with van der Waals surface area (Å²) in [5.41, 5.74) is 1.84. The summed E-state index contributed by atoms with van der Waals surface area (Å²) in [6.07, 6.45) is 1.72. The number of hydrogen-bond donors (Lipinski definition) is 1. The third-order valence-corrected chi connectivity index (χ3v) is 4.61. The van der Waals surface area contributed by atoms with Crippen LogP contribution in [0, 0.1) is 0 Å². The minimum Gasteiger partial charge on any atom is -0.490 e. The Morgan fingerprint density at radius 1 is 1.14 bits per heavy atom. The van der Waals surface area contributed by atoms with Gasteiger partial charge in [-0.3, -0.25) is 9.59 Å². The van der Waals surface area contributed by atoms with Gasteiger partial charge in [0, 0.05) is 6.92 Å². The minimum atomic E-state index is -0.379. The number of nitrogens with one attached hydrogen (secondary N) is 1. The molecule has 0 fully saturated rings. The van der Waals surface area contributed by atoms with E-state index in [4.69, 9.17) is 9.47 Å². The molecule has 144 valence electrons. The zero-order valence-electron chi connectivity index (χ0n) is 15.6. The molecule has 2 aromatic carbocycles. The lowest BCUT2D eigenvalue weighted by Crippen LogP contribution is -2.23. The Bertz CT molecular complexity index is 939. The van der Waals surface area contributed by atoms with Gasteiger partial charge in [-0.15, -0.1) is 0 Å². The van der Waals surface area contributed by atoms with Gasteiger partial charge in [0.05, 0.1) is 11.5 Å². The smallest absolute Gasteiger partial charge is 0.286 e. The summed E-state index contributed by atoms with van der Waals surface area (Å²) in [5.74, 6) is 0.592. The SMILES string of the molecule is CCOc1cc(/C=C2/SC(NC(C)=O)=NC2=O)ccc1OCc1ccccc1. The molecule has 1 heterocycles. The zero-order valence-corrected chi connectivity index (χ0v) is 16.4. The summed E-state index contributed by atoms with van der Waals surface area (Å²) in [5, 5.41) is 2.82. The molecule has 0 unspecified atom stereocenters. The van der Waals surface area contributed by atoms with E-state index in [2.05, 4.69) is 10.3 Å². The van der Waals surface area contributed by atoms with Gasteiger partial charge in [0.1, 0.15) is 6.61 Å². The normalized spacial score (nSPS) is 14.7. The molecule has 2 amide bonds. The number of carbonyl (C=O) groups is 2. The van der Waals surface area contributed by atoms with Gasteiger partial charge in [-0.1, -0.05) is 36.4 Å². The molecule has 28 heavy (non-hydrogen) atoms. The lowest BCUT2D eigenvalue weighted by Gasteiger charge is -2.13. The van der Waals surface area contributed by atoms with Gasteiger partial charge in [0.25, 0.3) is 5.91 Å². The highest BCUT2D eigenvalue weighted by molar-refractivity contribution is 8.18. The first kappa shape index (κ1) is 19.7. The van der Waals surface area contributed by atoms with Crippen LogP contribution in [0.25, 0.3) is 6.08 Å². The molecule has 0 bridgehead atoms. The zero-order chi connectivity index (χ0) is 19.9. The second-order valence-corrected chi connectivity index (χ2v) is 6.96. The highest BCUT2D eigenvalue weighted by Crippen LogP contribution is 2.32. The Balaban J connectivity index is 1.75. The average Bonchev–Trinajstić information content (AvgIpc) is 3.00. The van der Waals surface area contributed by atoms with E-state index in [1.807, 2.05) is 55.5 Å². The van der Waals surface area contributed by atoms with Crippen molar-refractivity contribution in [3.05, 3.63) is 64.6 Å². The highest BCUT2D eigenvalue weighted by Gasteiger charge is 2.22. The van der Waals surface area contributed by atoms with Crippen LogP contribution in [0.1, 0.15) is 25.0 Å². The number of hydrogen-bond acceptors (Lipinski definition) is 5. The van der Waals surface area contributed by atoms with Crippen LogP contribution >= 0.6 is 11.8 Å². The van der Waals surface area contributed by atoms with Gasteiger partial charge in [0.2, 0.25) is 5.91 Å². The lowest BCUT2D eigenvalue weighted by atomic mass is 10.2. The number of carbonyl (C=O) groups excluding carboxylic acids is 2. The van der Waals surface area contributed by atoms with Crippen molar-refractivity contribution in [2.75, 3.05) is 6.61 Å². The molecule has 0 aromatic heterocycles. The van der Waals surface area contributed by atoms with Crippen LogP contribution in [0.2, 0.25) is 0 Å². The number of benzene rings is 2. The Morgan fingerprint density at radius 3 is 2.64 bits per heavy atom. The van der Waals surface area contributed by atoms with Crippen molar-refractivity contribution >= 4 is 34.8 Å². The van der Waals surface area contributed by atoms with Crippen molar-refractivity contribution in [1.82, 2.24) is 5.32 Å². The summed E-state index contributed by atoms with van der Waals surface area (Å²) in [6, 6.07) is 15.4. The highest BCUT2D eigenvalue weighted by atomic mass is 32.2. The van der Waals surface area contributed by atoms with Crippen molar-refractivity contribution < 1.29 is 19.1 Å². The molecule has 0 radical (unpaired) electrons. The van der Waals surface area contributed by atoms with E-state index < -0.39 is 0 Å². The second-order valence-electron chi connectivity index (χ2n) is 5.93. The van der Waals surface area contributed by atoms with Crippen LogP contribution in [-0.2, 0) is 16.2 Å². The molecule has 1 aliphatic rings. The summed E-state index contributed by atoms with van der Waals surface area (Å²) in [4.78, 5) is 27.4. The largest absolute Gasteiger partial charge is 0.490 e. The van der Waals surface area contributed by atoms with Gasteiger partial charge in [-0.05, 0) is 48.0 Å². The van der Waals surface area contributed by atoms with Gasteiger partial charge in [-0.25, -0.2) is 0 Å². The quantitative estimate of drug-likeness (QED) is 0.752. The Labute approximate surface area is 167 Å². The predicted octanol–water partition coefficient (Wildman–Crippen LogP) is 3.77. The van der Waals surface area contributed by atoms with E-state index in [9.17, 15) is 9.59 Å². The number of rotatable bonds is 6. The van der Waals surface area contributed by atoms with Crippen LogP contribution in [0.4, 0.5) is 0 Å². The van der Waals surface area contributed by atoms with Crippen LogP contribution in [-0.4, -0.2) is 23.6 Å². The van der Waals surface area contributed by atoms with Gasteiger partial charge < -0.3 is 14.8 Å². The molecule has 7 heteroatoms. The first-order valence-corrected chi connectivity index (χ1v) is 9.60. The molecular formula is C21H20N2O4S. The van der Waals surface area contributed by atoms with E-state index in [1.54, 1.807) is 6.08 Å². The van der Waals surface area contributed by atoms with Crippen LogP contribution in [0.3, 0.4) is 0 Å². The molecule has 1 aliphatic heterocycles. The third kappa shape index (κ3) is 5.23. The maximum Gasteiger partial charge on any atom is 0.286 e. The Hall–Kier alpha value is -3.06. The number of ether oxygens (including phenoxy) is 2. The number of thioether (sulfide) groups is 1. The first-order valence-electron chi connectivity index (χ1n) is 8.79. The molecule has 0 aliphatic carbocycles. The lowest BCUT2D eigenvalue weighted by molar-refractivity contribution is -0.117. The van der Waals surface area contributed by atoms with Gasteiger partial charge in [0.15, 0.2) is 16.7 Å². The van der Waals surface area contributed by atoms with Gasteiger partial charge in [-0.2, -0.15) is 4.99 Å². The molecule has 2 aromatic rings. The molecule has 1 N–H and O–H groups in total. The molecule has 0 saturated heterocycles. The summed E-state index contributed by atoms with van der Waals surface area (Å²) in [7, 11) is 0. The molecular weight excluding hydrogens is 376 g/mol. The molecule has 3 rings (SSSR count). The topological polar surface area (TPSA) is 77.0 Å². The van der Waals surface area contributed by atoms with E-state index in [1.165, 1.54) is 6.92 Å². The van der Waals surface area contributed by atoms with Crippen LogP contribution in [0.15, 0.2) is 58.4 Å². The summed E-state index contributed by atoms with van der Waals surface area (Å²) in [6.45, 7) is 4.20. The molecule has 0 atom stereocenters. The van der Waals surface area contributed by atoms with Crippen LogP contribution < -0.4 is 14.8 Å². The Morgan fingerprint density at radius 2 is 1.93 bits per heavy atom. The summed E-state index contributed by atoms with van der Waals surface area (Å²) < 4.78 is 11.6. The van der Waals surface area contributed by atoms with Gasteiger partial charge >= 0.3 is 0 Å². The first-order chi connectivity index (χ1) is 13.5. The maximum atomic E-state index is 12.0. The predicted molar refractivity (Wildman–Crippen MR) is 110 cm³/mol. The average molecular weight is 396 g/mol. The van der Waals surface area contributed by atoms with E-state index in [0.717, 1.165) is 22.9 Å². The third-order valence-electron chi connectivity index (χ3n) is 3.71. The minimum absolute atomic E-state index is 0.265. The number of amidine groups is 1. The maximum absolute atomic E-state index is 12.0. The molecule has 0 saturated carbocycles. The van der Waals surface area contributed by atoms with Crippen molar-refractivity contribution in [1.29, 1.82) is 0 Å². The van der Waals surface area contributed by atoms with E-state index in [0.29, 0.717) is 29.6 Å². The van der Waals surface area contributed by atoms with Crippen molar-refractivity contribution in [2.45, 2.75) is 20.5 Å². The van der Waals surface area contributed by atoms with Crippen molar-refractivity contribution in [3.63, 3.8) is 0 Å². The van der Waals surface area contributed by atoms with E-state index in [-0.39, 0.29) is 17.0 Å². The molecule has 0 spiro atoms. The van der Waals surface area contributed by atoms with Crippen molar-refractivity contribution in [3.8, 4) is 11.5 Å². The summed E-state index contributed by atoms with van der Waals surface area (Å²) >= 11 is 1.13.